The molecule has 0 spiro atoms. The molecule has 0 radical (unpaired) electrons. The SMILES string of the molecule is CCNC(=NCC(C1CC1)N(C)C)NC1CN(C(C)C)CC1C. The third-order valence-corrected chi connectivity index (χ3v) is 5.30. The fourth-order valence-electron chi connectivity index (χ4n) is 3.51. The van der Waals surface area contributed by atoms with Crippen molar-refractivity contribution in [3.05, 3.63) is 0 Å². The van der Waals surface area contributed by atoms with E-state index in [1.54, 1.807) is 0 Å². The van der Waals surface area contributed by atoms with Crippen LogP contribution in [0.15, 0.2) is 4.99 Å². The molecule has 2 rings (SSSR count). The number of aliphatic imine (C=N–C) groups is 1. The Bertz CT molecular complexity index is 387. The van der Waals surface area contributed by atoms with Crippen LogP contribution < -0.4 is 10.6 Å². The van der Waals surface area contributed by atoms with Crippen LogP contribution in [0.1, 0.15) is 40.5 Å². The summed E-state index contributed by atoms with van der Waals surface area (Å²) in [5.41, 5.74) is 0. The van der Waals surface area contributed by atoms with E-state index in [-0.39, 0.29) is 0 Å². The highest BCUT2D eigenvalue weighted by atomic mass is 15.3. The largest absolute Gasteiger partial charge is 0.357 e. The predicted molar refractivity (Wildman–Crippen MR) is 99.0 cm³/mol. The lowest BCUT2D eigenvalue weighted by Gasteiger charge is -2.24. The van der Waals surface area contributed by atoms with Gasteiger partial charge in [0.15, 0.2) is 5.96 Å². The lowest BCUT2D eigenvalue weighted by Crippen LogP contribution is -2.47. The number of nitrogens with zero attached hydrogens (tertiary/aromatic N) is 3. The van der Waals surface area contributed by atoms with E-state index in [1.807, 2.05) is 0 Å². The molecule has 1 aliphatic heterocycles. The van der Waals surface area contributed by atoms with Crippen LogP contribution in [0, 0.1) is 11.8 Å². The standard InChI is InChI=1S/C18H37N5/c1-7-19-18(20-10-17(22(5)6)15-8-9-15)21-16-12-23(13(2)3)11-14(16)4/h13-17H,7-12H2,1-6H3,(H2,19,20,21). The van der Waals surface area contributed by atoms with Crippen molar-refractivity contribution in [1.29, 1.82) is 0 Å². The van der Waals surface area contributed by atoms with Crippen molar-refractivity contribution in [3.8, 4) is 0 Å². The molecule has 23 heavy (non-hydrogen) atoms. The highest BCUT2D eigenvalue weighted by molar-refractivity contribution is 5.80. The molecule has 3 unspecified atom stereocenters. The predicted octanol–water partition coefficient (Wildman–Crippen LogP) is 1.61. The highest BCUT2D eigenvalue weighted by Crippen LogP contribution is 2.34. The lowest BCUT2D eigenvalue weighted by molar-refractivity contribution is 0.265. The Labute approximate surface area is 142 Å². The zero-order valence-electron chi connectivity index (χ0n) is 16.0. The maximum absolute atomic E-state index is 4.90. The molecule has 0 bridgehead atoms. The zero-order chi connectivity index (χ0) is 17.0. The minimum atomic E-state index is 0.494. The molecule has 0 aromatic carbocycles. The molecule has 0 aromatic heterocycles. The van der Waals surface area contributed by atoms with Gasteiger partial charge in [0, 0.05) is 37.8 Å². The second-order valence-electron chi connectivity index (χ2n) is 7.86. The molecule has 2 N–H and O–H groups in total. The summed E-state index contributed by atoms with van der Waals surface area (Å²) in [4.78, 5) is 9.79. The van der Waals surface area contributed by atoms with E-state index in [0.29, 0.717) is 24.0 Å². The quantitative estimate of drug-likeness (QED) is 0.552. The smallest absolute Gasteiger partial charge is 0.191 e. The van der Waals surface area contributed by atoms with E-state index in [2.05, 4.69) is 62.2 Å². The van der Waals surface area contributed by atoms with Gasteiger partial charge in [0.2, 0.25) is 0 Å². The highest BCUT2D eigenvalue weighted by Gasteiger charge is 2.33. The Hall–Kier alpha value is -0.810. The maximum atomic E-state index is 4.90. The second-order valence-corrected chi connectivity index (χ2v) is 7.86. The summed E-state index contributed by atoms with van der Waals surface area (Å²) in [6, 6.07) is 1.70. The van der Waals surface area contributed by atoms with Gasteiger partial charge in [-0.05, 0) is 59.5 Å². The first-order valence-electron chi connectivity index (χ1n) is 9.37. The topological polar surface area (TPSA) is 42.9 Å². The zero-order valence-corrected chi connectivity index (χ0v) is 16.0. The van der Waals surface area contributed by atoms with Crippen LogP contribution in [0.2, 0.25) is 0 Å². The van der Waals surface area contributed by atoms with E-state index in [4.69, 9.17) is 4.99 Å². The number of likely N-dealkylation sites (tertiary alicyclic amines) is 1. The summed E-state index contributed by atoms with van der Waals surface area (Å²) < 4.78 is 0. The molecular weight excluding hydrogens is 286 g/mol. The van der Waals surface area contributed by atoms with Crippen LogP contribution in [0.4, 0.5) is 0 Å². The van der Waals surface area contributed by atoms with Crippen LogP contribution in [0.25, 0.3) is 0 Å². The van der Waals surface area contributed by atoms with Crippen molar-refractivity contribution in [2.75, 3.05) is 40.3 Å². The molecule has 5 heteroatoms. The number of rotatable bonds is 7. The normalized spacial score (nSPS) is 27.7. The monoisotopic (exact) mass is 323 g/mol. The number of hydrogen-bond donors (Lipinski definition) is 2. The summed E-state index contributed by atoms with van der Waals surface area (Å²) in [7, 11) is 4.36. The third kappa shape index (κ3) is 5.35. The summed E-state index contributed by atoms with van der Waals surface area (Å²) in [6.07, 6.45) is 2.73. The molecule has 1 heterocycles. The van der Waals surface area contributed by atoms with Crippen LogP contribution in [-0.2, 0) is 0 Å². The molecule has 1 aliphatic carbocycles. The van der Waals surface area contributed by atoms with Crippen LogP contribution in [0.3, 0.4) is 0 Å². The van der Waals surface area contributed by atoms with Gasteiger partial charge in [-0.1, -0.05) is 6.92 Å². The fourth-order valence-corrected chi connectivity index (χ4v) is 3.51. The Kier molecular flexibility index (Phi) is 6.72. The second kappa shape index (κ2) is 8.34. The van der Waals surface area contributed by atoms with Crippen molar-refractivity contribution >= 4 is 5.96 Å². The Morgan fingerprint density at radius 3 is 2.43 bits per heavy atom. The van der Waals surface area contributed by atoms with Crippen LogP contribution in [0.5, 0.6) is 0 Å². The Morgan fingerprint density at radius 2 is 1.96 bits per heavy atom. The van der Waals surface area contributed by atoms with Crippen molar-refractivity contribution < 1.29 is 0 Å². The number of guanidine groups is 1. The van der Waals surface area contributed by atoms with Gasteiger partial charge in [-0.2, -0.15) is 0 Å². The Morgan fingerprint density at radius 1 is 1.26 bits per heavy atom. The molecular formula is C18H37N5. The summed E-state index contributed by atoms with van der Waals surface area (Å²) in [6.45, 7) is 13.1. The van der Waals surface area contributed by atoms with E-state index in [0.717, 1.165) is 31.5 Å². The summed E-state index contributed by atoms with van der Waals surface area (Å²) >= 11 is 0. The average Bonchev–Trinajstić information content (AvgIpc) is 3.23. The summed E-state index contributed by atoms with van der Waals surface area (Å²) in [5.74, 6) is 2.50. The lowest BCUT2D eigenvalue weighted by atomic mass is 10.1. The van der Waals surface area contributed by atoms with Gasteiger partial charge in [0.25, 0.3) is 0 Å². The minimum Gasteiger partial charge on any atom is -0.357 e. The van der Waals surface area contributed by atoms with Crippen LogP contribution >= 0.6 is 0 Å². The van der Waals surface area contributed by atoms with Gasteiger partial charge in [-0.25, -0.2) is 0 Å². The fraction of sp³-hybridized carbons (Fsp3) is 0.944. The van der Waals surface area contributed by atoms with Gasteiger partial charge in [0.05, 0.1) is 6.54 Å². The van der Waals surface area contributed by atoms with Crippen molar-refractivity contribution in [1.82, 2.24) is 20.4 Å². The maximum Gasteiger partial charge on any atom is 0.191 e. The molecule has 2 aliphatic rings. The number of likely N-dealkylation sites (N-methyl/N-ethyl adjacent to an activating group) is 1. The molecule has 0 amide bonds. The molecule has 3 atom stereocenters. The first-order valence-corrected chi connectivity index (χ1v) is 9.37. The first kappa shape index (κ1) is 18.5. The van der Waals surface area contributed by atoms with Crippen molar-refractivity contribution in [3.63, 3.8) is 0 Å². The van der Waals surface area contributed by atoms with Crippen molar-refractivity contribution in [2.45, 2.75) is 58.7 Å². The van der Waals surface area contributed by atoms with E-state index >= 15 is 0 Å². The third-order valence-electron chi connectivity index (χ3n) is 5.30. The Balaban J connectivity index is 1.93. The molecule has 1 saturated carbocycles. The van der Waals surface area contributed by atoms with E-state index < -0.39 is 0 Å². The minimum absolute atomic E-state index is 0.494. The number of nitrogens with one attached hydrogen (secondary N) is 2. The van der Waals surface area contributed by atoms with Gasteiger partial charge in [0.1, 0.15) is 0 Å². The van der Waals surface area contributed by atoms with Gasteiger partial charge < -0.3 is 15.5 Å². The average molecular weight is 324 g/mol. The molecule has 2 fully saturated rings. The van der Waals surface area contributed by atoms with Gasteiger partial charge >= 0.3 is 0 Å². The molecule has 134 valence electrons. The molecule has 5 nitrogen and oxygen atoms in total. The van der Waals surface area contributed by atoms with Crippen molar-refractivity contribution in [2.24, 2.45) is 16.8 Å². The first-order chi connectivity index (χ1) is 10.9. The molecule has 0 aromatic rings. The van der Waals surface area contributed by atoms with Gasteiger partial charge in [-0.15, -0.1) is 0 Å². The van der Waals surface area contributed by atoms with Crippen LogP contribution in [-0.4, -0.2) is 74.2 Å². The van der Waals surface area contributed by atoms with E-state index in [9.17, 15) is 0 Å². The molecule has 1 saturated heterocycles. The summed E-state index contributed by atoms with van der Waals surface area (Å²) in [5, 5.41) is 7.11. The van der Waals surface area contributed by atoms with Gasteiger partial charge in [-0.3, -0.25) is 9.89 Å². The van der Waals surface area contributed by atoms with E-state index in [1.165, 1.54) is 19.4 Å². The number of hydrogen-bond acceptors (Lipinski definition) is 3.